The van der Waals surface area contributed by atoms with E-state index in [2.05, 4.69) is 25.1 Å². The number of rotatable bonds is 7. The smallest absolute Gasteiger partial charge is 0.387 e. The van der Waals surface area contributed by atoms with Gasteiger partial charge in [-0.15, -0.1) is 21.5 Å². The van der Waals surface area contributed by atoms with E-state index in [1.807, 2.05) is 24.4 Å². The van der Waals surface area contributed by atoms with Crippen LogP contribution < -0.4 is 4.74 Å². The van der Waals surface area contributed by atoms with Crippen molar-refractivity contribution in [3.8, 4) is 27.9 Å². The number of hydrogen-bond acceptors (Lipinski definition) is 9. The molecule has 0 radical (unpaired) electrons. The molecule has 0 aliphatic carbocycles. The van der Waals surface area contributed by atoms with Crippen LogP contribution in [0.5, 0.6) is 5.75 Å². The van der Waals surface area contributed by atoms with Crippen molar-refractivity contribution in [3.05, 3.63) is 47.7 Å². The van der Waals surface area contributed by atoms with E-state index in [-0.39, 0.29) is 16.9 Å². The topological polar surface area (TPSA) is 87.1 Å². The van der Waals surface area contributed by atoms with Gasteiger partial charge in [0.25, 0.3) is 5.22 Å². The molecule has 7 nitrogen and oxygen atoms in total. The van der Waals surface area contributed by atoms with Gasteiger partial charge in [0.15, 0.2) is 0 Å². The standard InChI is InChI=1S/C17H12F2N4O3S2/c1-9(14-20-13(23-26-14)12-3-2-8-27-12)28-17-22-21-15(25-17)10-4-6-11(7-5-10)24-16(18)19/h2-9,16H,1H3. The fraction of sp³-hybridized carbons (Fsp3) is 0.176. The SMILES string of the molecule is CC(Sc1nnc(-c2ccc(OC(F)F)cc2)o1)c1nc(-c2cccs2)no1. The van der Waals surface area contributed by atoms with Gasteiger partial charge in [-0.2, -0.15) is 13.8 Å². The maximum absolute atomic E-state index is 12.2. The lowest BCUT2D eigenvalue weighted by Gasteiger charge is -2.03. The zero-order valence-corrected chi connectivity index (χ0v) is 15.9. The summed E-state index contributed by atoms with van der Waals surface area (Å²) in [7, 11) is 0. The number of alkyl halides is 2. The van der Waals surface area contributed by atoms with Crippen LogP contribution in [0.1, 0.15) is 18.1 Å². The molecule has 0 aliphatic rings. The van der Waals surface area contributed by atoms with Crippen molar-refractivity contribution in [2.45, 2.75) is 24.0 Å². The van der Waals surface area contributed by atoms with Crippen LogP contribution in [-0.2, 0) is 0 Å². The highest BCUT2D eigenvalue weighted by Gasteiger charge is 2.20. The van der Waals surface area contributed by atoms with E-state index in [4.69, 9.17) is 8.94 Å². The molecule has 1 atom stereocenters. The Balaban J connectivity index is 1.43. The third-order valence-corrected chi connectivity index (χ3v) is 5.33. The Morgan fingerprint density at radius 1 is 1.14 bits per heavy atom. The second-order valence-corrected chi connectivity index (χ2v) is 7.71. The summed E-state index contributed by atoms with van der Waals surface area (Å²) in [4.78, 5) is 5.32. The predicted molar refractivity (Wildman–Crippen MR) is 98.2 cm³/mol. The average Bonchev–Trinajstić information content (AvgIpc) is 3.43. The number of hydrogen-bond donors (Lipinski definition) is 0. The van der Waals surface area contributed by atoms with E-state index in [0.717, 1.165) is 4.88 Å². The highest BCUT2D eigenvalue weighted by molar-refractivity contribution is 7.99. The van der Waals surface area contributed by atoms with Gasteiger partial charge in [-0.05, 0) is 42.6 Å². The van der Waals surface area contributed by atoms with E-state index in [9.17, 15) is 8.78 Å². The van der Waals surface area contributed by atoms with Gasteiger partial charge in [0.2, 0.25) is 17.6 Å². The fourth-order valence-corrected chi connectivity index (χ4v) is 3.62. The molecular weight excluding hydrogens is 410 g/mol. The number of thioether (sulfide) groups is 1. The molecule has 1 unspecified atom stereocenters. The maximum Gasteiger partial charge on any atom is 0.387 e. The fourth-order valence-electron chi connectivity index (χ4n) is 2.26. The van der Waals surface area contributed by atoms with Crippen molar-refractivity contribution in [2.24, 2.45) is 0 Å². The molecule has 0 aliphatic heterocycles. The van der Waals surface area contributed by atoms with Gasteiger partial charge >= 0.3 is 6.61 Å². The van der Waals surface area contributed by atoms with E-state index in [1.54, 1.807) is 12.1 Å². The normalized spacial score (nSPS) is 12.4. The average molecular weight is 422 g/mol. The van der Waals surface area contributed by atoms with Crippen molar-refractivity contribution in [3.63, 3.8) is 0 Å². The lowest BCUT2D eigenvalue weighted by atomic mass is 10.2. The number of benzene rings is 1. The molecule has 0 saturated heterocycles. The molecule has 11 heteroatoms. The van der Waals surface area contributed by atoms with Crippen LogP contribution in [0.3, 0.4) is 0 Å². The van der Waals surface area contributed by atoms with Crippen molar-refractivity contribution in [2.75, 3.05) is 0 Å². The minimum absolute atomic E-state index is 0.0550. The van der Waals surface area contributed by atoms with Crippen LogP contribution in [0.15, 0.2) is 55.9 Å². The van der Waals surface area contributed by atoms with Crippen molar-refractivity contribution < 1.29 is 22.5 Å². The first-order chi connectivity index (χ1) is 13.6. The molecule has 0 N–H and O–H groups in total. The molecule has 4 rings (SSSR count). The molecule has 4 aromatic rings. The Bertz CT molecular complexity index is 1040. The van der Waals surface area contributed by atoms with Gasteiger partial charge in [-0.1, -0.05) is 23.0 Å². The van der Waals surface area contributed by atoms with Crippen molar-refractivity contribution in [1.29, 1.82) is 0 Å². The van der Waals surface area contributed by atoms with Gasteiger partial charge in [-0.3, -0.25) is 0 Å². The molecule has 3 heterocycles. The summed E-state index contributed by atoms with van der Waals surface area (Å²) in [5.74, 6) is 1.30. The summed E-state index contributed by atoms with van der Waals surface area (Å²) in [6, 6.07) is 9.78. The van der Waals surface area contributed by atoms with E-state index < -0.39 is 6.61 Å². The molecule has 3 aromatic heterocycles. The monoisotopic (exact) mass is 422 g/mol. The lowest BCUT2D eigenvalue weighted by Crippen LogP contribution is -2.01. The Morgan fingerprint density at radius 3 is 2.68 bits per heavy atom. The van der Waals surface area contributed by atoms with Crippen LogP contribution in [0.2, 0.25) is 0 Å². The molecule has 0 saturated carbocycles. The number of halogens is 2. The van der Waals surface area contributed by atoms with Crippen LogP contribution in [0, 0.1) is 0 Å². The van der Waals surface area contributed by atoms with Gasteiger partial charge < -0.3 is 13.7 Å². The van der Waals surface area contributed by atoms with Crippen LogP contribution in [0.25, 0.3) is 22.2 Å². The summed E-state index contributed by atoms with van der Waals surface area (Å²) in [5.41, 5.74) is 0.589. The highest BCUT2D eigenvalue weighted by Crippen LogP contribution is 2.35. The summed E-state index contributed by atoms with van der Waals surface area (Å²) in [6.45, 7) is -0.986. The number of nitrogens with zero attached hydrogens (tertiary/aromatic N) is 4. The highest BCUT2D eigenvalue weighted by atomic mass is 32.2. The summed E-state index contributed by atoms with van der Waals surface area (Å²) >= 11 is 2.80. The summed E-state index contributed by atoms with van der Waals surface area (Å²) in [6.07, 6.45) is 0. The number of thiophene rings is 1. The Morgan fingerprint density at radius 2 is 1.96 bits per heavy atom. The number of ether oxygens (including phenoxy) is 1. The van der Waals surface area contributed by atoms with E-state index in [0.29, 0.717) is 22.5 Å². The van der Waals surface area contributed by atoms with Crippen molar-refractivity contribution >= 4 is 23.1 Å². The van der Waals surface area contributed by atoms with Crippen molar-refractivity contribution in [1.82, 2.24) is 20.3 Å². The number of aromatic nitrogens is 4. The second kappa shape index (κ2) is 8.07. The van der Waals surface area contributed by atoms with Gasteiger partial charge in [0, 0.05) is 5.56 Å². The first-order valence-corrected chi connectivity index (χ1v) is 9.77. The molecule has 1 aromatic carbocycles. The van der Waals surface area contributed by atoms with E-state index >= 15 is 0 Å². The predicted octanol–water partition coefficient (Wildman–Crippen LogP) is 5.30. The van der Waals surface area contributed by atoms with Gasteiger partial charge in [0.05, 0.1) is 10.1 Å². The molecule has 0 fully saturated rings. The van der Waals surface area contributed by atoms with Crippen LogP contribution >= 0.6 is 23.1 Å². The lowest BCUT2D eigenvalue weighted by molar-refractivity contribution is -0.0498. The van der Waals surface area contributed by atoms with Crippen LogP contribution in [-0.4, -0.2) is 26.9 Å². The molecule has 0 amide bonds. The first-order valence-electron chi connectivity index (χ1n) is 8.01. The Labute approximate surface area is 165 Å². The Kier molecular flexibility index (Phi) is 5.35. The first kappa shape index (κ1) is 18.6. The minimum atomic E-state index is -2.87. The third-order valence-electron chi connectivity index (χ3n) is 3.54. The molecule has 144 valence electrons. The maximum atomic E-state index is 12.2. The zero-order valence-electron chi connectivity index (χ0n) is 14.3. The third kappa shape index (κ3) is 4.20. The molecule has 0 spiro atoms. The van der Waals surface area contributed by atoms with Gasteiger partial charge in [-0.25, -0.2) is 0 Å². The van der Waals surface area contributed by atoms with Gasteiger partial charge in [0.1, 0.15) is 5.75 Å². The largest absolute Gasteiger partial charge is 0.435 e. The van der Waals surface area contributed by atoms with Crippen LogP contribution in [0.4, 0.5) is 8.78 Å². The zero-order chi connectivity index (χ0) is 19.5. The molecular formula is C17H12F2N4O3S2. The Hall–Kier alpha value is -2.79. The molecule has 0 bridgehead atoms. The quantitative estimate of drug-likeness (QED) is 0.371. The second-order valence-electron chi connectivity index (χ2n) is 5.47. The minimum Gasteiger partial charge on any atom is -0.435 e. The molecule has 28 heavy (non-hydrogen) atoms. The van der Waals surface area contributed by atoms with E-state index in [1.165, 1.54) is 35.2 Å². The summed E-state index contributed by atoms with van der Waals surface area (Å²) in [5, 5.41) is 14.0. The summed E-state index contributed by atoms with van der Waals surface area (Å²) < 4.78 is 39.7.